The molecule has 0 aliphatic carbocycles. The average Bonchev–Trinajstić information content (AvgIpc) is 2.29. The minimum absolute atomic E-state index is 0.0791. The van der Waals surface area contributed by atoms with Gasteiger partial charge < -0.3 is 10.5 Å². The summed E-state index contributed by atoms with van der Waals surface area (Å²) in [4.78, 5) is 0. The van der Waals surface area contributed by atoms with Crippen molar-refractivity contribution in [1.82, 2.24) is 0 Å². The maximum Gasteiger partial charge on any atom is 0.124 e. The van der Waals surface area contributed by atoms with Crippen molar-refractivity contribution in [1.29, 1.82) is 0 Å². The third kappa shape index (κ3) is 3.76. The molecule has 1 aromatic carbocycles. The summed E-state index contributed by atoms with van der Waals surface area (Å²) in [6.45, 7) is 2.83. The lowest BCUT2D eigenvalue weighted by Gasteiger charge is -2.15. The van der Waals surface area contributed by atoms with Crippen molar-refractivity contribution in [3.8, 4) is 5.75 Å². The van der Waals surface area contributed by atoms with Gasteiger partial charge in [-0.2, -0.15) is 11.8 Å². The van der Waals surface area contributed by atoms with Crippen LogP contribution in [-0.2, 0) is 0 Å². The molecule has 0 bridgehead atoms. The molecule has 0 aliphatic rings. The Kier molecular flexibility index (Phi) is 5.58. The van der Waals surface area contributed by atoms with Crippen molar-refractivity contribution in [3.05, 3.63) is 29.8 Å². The highest BCUT2D eigenvalue weighted by Gasteiger charge is 2.09. The lowest BCUT2D eigenvalue weighted by Crippen LogP contribution is -2.11. The second-order valence-electron chi connectivity index (χ2n) is 3.39. The summed E-state index contributed by atoms with van der Waals surface area (Å²) in [6.07, 6.45) is 3.01. The highest BCUT2D eigenvalue weighted by atomic mass is 32.2. The van der Waals surface area contributed by atoms with E-state index in [1.165, 1.54) is 0 Å². The quantitative estimate of drug-likeness (QED) is 0.756. The first-order valence-electron chi connectivity index (χ1n) is 5.25. The Morgan fingerprint density at radius 2 is 2.13 bits per heavy atom. The van der Waals surface area contributed by atoms with Gasteiger partial charge in [-0.1, -0.05) is 25.1 Å². The molecule has 1 unspecified atom stereocenters. The van der Waals surface area contributed by atoms with E-state index in [1.54, 1.807) is 11.8 Å². The van der Waals surface area contributed by atoms with Crippen molar-refractivity contribution in [3.63, 3.8) is 0 Å². The standard InChI is InChI=1S/C12H19NOS/c1-3-11(13)10-6-4-5-7-12(10)14-8-9-15-2/h4-7,11H,3,8-9,13H2,1-2H3. The second kappa shape index (κ2) is 6.75. The molecule has 3 heteroatoms. The van der Waals surface area contributed by atoms with E-state index in [9.17, 15) is 0 Å². The SMILES string of the molecule is CCC(N)c1ccccc1OCCSC. The Balaban J connectivity index is 2.68. The van der Waals surface area contributed by atoms with E-state index in [4.69, 9.17) is 10.5 Å². The molecule has 0 radical (unpaired) electrons. The molecular weight excluding hydrogens is 206 g/mol. The van der Waals surface area contributed by atoms with Gasteiger partial charge in [0.1, 0.15) is 5.75 Å². The fourth-order valence-corrected chi connectivity index (χ4v) is 1.62. The van der Waals surface area contributed by atoms with Crippen LogP contribution >= 0.6 is 11.8 Å². The van der Waals surface area contributed by atoms with Gasteiger partial charge in [-0.15, -0.1) is 0 Å². The smallest absolute Gasteiger partial charge is 0.124 e. The summed E-state index contributed by atoms with van der Waals surface area (Å²) in [5.74, 6) is 1.94. The number of ether oxygens (including phenoxy) is 1. The lowest BCUT2D eigenvalue weighted by molar-refractivity contribution is 0.337. The van der Waals surface area contributed by atoms with Gasteiger partial charge in [0.25, 0.3) is 0 Å². The summed E-state index contributed by atoms with van der Waals surface area (Å²) in [7, 11) is 0. The van der Waals surface area contributed by atoms with Gasteiger partial charge in [0.05, 0.1) is 6.61 Å². The Morgan fingerprint density at radius 1 is 1.40 bits per heavy atom. The number of para-hydroxylation sites is 1. The second-order valence-corrected chi connectivity index (χ2v) is 4.38. The fraction of sp³-hybridized carbons (Fsp3) is 0.500. The molecule has 1 atom stereocenters. The summed E-state index contributed by atoms with van der Waals surface area (Å²) >= 11 is 1.78. The number of hydrogen-bond acceptors (Lipinski definition) is 3. The van der Waals surface area contributed by atoms with Crippen LogP contribution in [0.1, 0.15) is 24.9 Å². The maximum atomic E-state index is 6.01. The number of hydrogen-bond donors (Lipinski definition) is 1. The zero-order valence-electron chi connectivity index (χ0n) is 9.40. The maximum absolute atomic E-state index is 6.01. The van der Waals surface area contributed by atoms with Crippen LogP contribution in [0, 0.1) is 0 Å². The molecule has 0 aromatic heterocycles. The number of benzene rings is 1. The van der Waals surface area contributed by atoms with Crippen LogP contribution in [-0.4, -0.2) is 18.6 Å². The van der Waals surface area contributed by atoms with Crippen LogP contribution in [0.4, 0.5) is 0 Å². The van der Waals surface area contributed by atoms with Crippen LogP contribution in [0.25, 0.3) is 0 Å². The molecule has 0 heterocycles. The zero-order chi connectivity index (χ0) is 11.1. The molecule has 0 saturated heterocycles. The molecule has 1 aromatic rings. The largest absolute Gasteiger partial charge is 0.492 e. The van der Waals surface area contributed by atoms with Crippen molar-refractivity contribution >= 4 is 11.8 Å². The van der Waals surface area contributed by atoms with E-state index in [0.29, 0.717) is 0 Å². The minimum atomic E-state index is 0.0791. The molecule has 1 rings (SSSR count). The molecule has 0 spiro atoms. The Hall–Kier alpha value is -0.670. The average molecular weight is 225 g/mol. The van der Waals surface area contributed by atoms with Gasteiger partial charge in [-0.3, -0.25) is 0 Å². The number of nitrogens with two attached hydrogens (primary N) is 1. The van der Waals surface area contributed by atoms with Gasteiger partial charge in [-0.05, 0) is 18.7 Å². The van der Waals surface area contributed by atoms with Crippen molar-refractivity contribution < 1.29 is 4.74 Å². The predicted molar refractivity (Wildman–Crippen MR) is 67.5 cm³/mol. The van der Waals surface area contributed by atoms with E-state index >= 15 is 0 Å². The normalized spacial score (nSPS) is 12.5. The van der Waals surface area contributed by atoms with Crippen molar-refractivity contribution in [2.75, 3.05) is 18.6 Å². The first kappa shape index (κ1) is 12.4. The molecule has 0 saturated carbocycles. The van der Waals surface area contributed by atoms with Crippen LogP contribution in [0.5, 0.6) is 5.75 Å². The van der Waals surface area contributed by atoms with Crippen LogP contribution < -0.4 is 10.5 Å². The van der Waals surface area contributed by atoms with Crippen LogP contribution in [0.3, 0.4) is 0 Å². The third-order valence-corrected chi connectivity index (χ3v) is 2.88. The van der Waals surface area contributed by atoms with Gasteiger partial charge in [0.2, 0.25) is 0 Å². The summed E-state index contributed by atoms with van der Waals surface area (Å²) < 4.78 is 5.70. The Bertz CT molecular complexity index is 291. The van der Waals surface area contributed by atoms with Gasteiger partial charge in [0.15, 0.2) is 0 Å². The van der Waals surface area contributed by atoms with E-state index in [1.807, 2.05) is 24.3 Å². The highest BCUT2D eigenvalue weighted by Crippen LogP contribution is 2.25. The highest BCUT2D eigenvalue weighted by molar-refractivity contribution is 7.98. The Labute approximate surface area is 96.2 Å². The van der Waals surface area contributed by atoms with Gasteiger partial charge >= 0.3 is 0 Å². The molecule has 2 nitrogen and oxygen atoms in total. The first-order valence-corrected chi connectivity index (χ1v) is 6.65. The molecule has 2 N–H and O–H groups in total. The molecule has 15 heavy (non-hydrogen) atoms. The third-order valence-electron chi connectivity index (χ3n) is 2.30. The fourth-order valence-electron chi connectivity index (χ4n) is 1.37. The molecule has 0 fully saturated rings. The monoisotopic (exact) mass is 225 g/mol. The van der Waals surface area contributed by atoms with Gasteiger partial charge in [0, 0.05) is 17.4 Å². The summed E-state index contributed by atoms with van der Waals surface area (Å²) in [6, 6.07) is 8.11. The Morgan fingerprint density at radius 3 is 2.80 bits per heavy atom. The molecule has 84 valence electrons. The molecular formula is C12H19NOS. The molecule has 0 amide bonds. The number of rotatable bonds is 6. The predicted octanol–water partition coefficient (Wildman–Crippen LogP) is 2.84. The van der Waals surface area contributed by atoms with E-state index in [-0.39, 0.29) is 6.04 Å². The van der Waals surface area contributed by atoms with Crippen molar-refractivity contribution in [2.45, 2.75) is 19.4 Å². The summed E-state index contributed by atoms with van der Waals surface area (Å²) in [5.41, 5.74) is 7.13. The first-order chi connectivity index (χ1) is 7.29. The molecule has 0 aliphatic heterocycles. The van der Waals surface area contributed by atoms with E-state index in [0.717, 1.165) is 30.1 Å². The lowest BCUT2D eigenvalue weighted by atomic mass is 10.0. The minimum Gasteiger partial charge on any atom is -0.492 e. The van der Waals surface area contributed by atoms with Crippen molar-refractivity contribution in [2.24, 2.45) is 5.73 Å². The summed E-state index contributed by atoms with van der Waals surface area (Å²) in [5, 5.41) is 0. The van der Waals surface area contributed by atoms with Crippen LogP contribution in [0.15, 0.2) is 24.3 Å². The topological polar surface area (TPSA) is 35.2 Å². The van der Waals surface area contributed by atoms with Gasteiger partial charge in [-0.25, -0.2) is 0 Å². The van der Waals surface area contributed by atoms with Crippen LogP contribution in [0.2, 0.25) is 0 Å². The van der Waals surface area contributed by atoms with E-state index in [2.05, 4.69) is 13.2 Å². The van der Waals surface area contributed by atoms with E-state index < -0.39 is 0 Å². The number of thioether (sulfide) groups is 1. The zero-order valence-corrected chi connectivity index (χ0v) is 10.2.